The smallest absolute Gasteiger partial charge is 0.398 e. The molecule has 3 saturated carbocycles. The molecule has 1 saturated heterocycles. The van der Waals surface area contributed by atoms with E-state index in [1.807, 2.05) is 6.20 Å². The molecule has 0 amide bonds. The second kappa shape index (κ2) is 3.66. The van der Waals surface area contributed by atoms with Gasteiger partial charge >= 0.3 is 7.12 Å². The largest absolute Gasteiger partial charge is 0.514 e. The third kappa shape index (κ3) is 1.58. The molecule has 1 aromatic rings. The lowest BCUT2D eigenvalue weighted by Gasteiger charge is -2.62. The second-order valence-electron chi connectivity index (χ2n) is 7.82. The summed E-state index contributed by atoms with van der Waals surface area (Å²) in [7, 11) is -0.345. The summed E-state index contributed by atoms with van der Waals surface area (Å²) in [5, 5.41) is 0. The van der Waals surface area contributed by atoms with Gasteiger partial charge in [0.1, 0.15) is 0 Å². The van der Waals surface area contributed by atoms with Crippen LogP contribution in [0.1, 0.15) is 52.5 Å². The van der Waals surface area contributed by atoms with Crippen LogP contribution < -0.4 is 5.59 Å². The number of hydrogen-bond donors (Lipinski definition) is 0. The summed E-state index contributed by atoms with van der Waals surface area (Å²) in [4.78, 5) is 4.61. The Labute approximate surface area is 121 Å². The number of pyridine rings is 1. The van der Waals surface area contributed by atoms with Crippen LogP contribution in [-0.2, 0) is 14.7 Å². The van der Waals surface area contributed by atoms with Gasteiger partial charge in [0.15, 0.2) is 0 Å². The molecule has 4 heteroatoms. The van der Waals surface area contributed by atoms with Gasteiger partial charge in [-0.1, -0.05) is 6.07 Å². The molecular weight excluding hydrogens is 249 g/mol. The van der Waals surface area contributed by atoms with E-state index in [0.717, 1.165) is 11.5 Å². The molecule has 2 heterocycles. The van der Waals surface area contributed by atoms with E-state index in [1.165, 1.54) is 24.8 Å². The van der Waals surface area contributed by atoms with E-state index in [9.17, 15) is 0 Å². The predicted molar refractivity (Wildman–Crippen MR) is 79.0 cm³/mol. The minimum absolute atomic E-state index is 0.300. The predicted octanol–water partition coefficient (Wildman–Crippen LogP) is 2.43. The van der Waals surface area contributed by atoms with E-state index in [1.54, 1.807) is 0 Å². The van der Waals surface area contributed by atoms with Crippen LogP contribution >= 0.6 is 0 Å². The van der Waals surface area contributed by atoms with E-state index in [2.05, 4.69) is 44.8 Å². The van der Waals surface area contributed by atoms with Crippen molar-refractivity contribution in [3.05, 3.63) is 23.9 Å². The minimum Gasteiger partial charge on any atom is -0.398 e. The van der Waals surface area contributed by atoms with Crippen LogP contribution in [0.15, 0.2) is 18.3 Å². The molecule has 0 unspecified atom stereocenters. The average Bonchev–Trinajstić information content (AvgIpc) is 2.45. The lowest BCUT2D eigenvalue weighted by Crippen LogP contribution is -2.55. The summed E-state index contributed by atoms with van der Waals surface area (Å²) in [6.07, 6.45) is 6.13. The van der Waals surface area contributed by atoms with Gasteiger partial charge in [0.2, 0.25) is 0 Å². The molecule has 3 nitrogen and oxygen atoms in total. The highest BCUT2D eigenvalue weighted by Crippen LogP contribution is 2.64. The molecule has 2 bridgehead atoms. The zero-order chi connectivity index (χ0) is 14.2. The Morgan fingerprint density at radius 2 is 1.65 bits per heavy atom. The first kappa shape index (κ1) is 12.8. The van der Waals surface area contributed by atoms with Crippen molar-refractivity contribution in [1.29, 1.82) is 0 Å². The van der Waals surface area contributed by atoms with Gasteiger partial charge in [0.05, 0.1) is 16.8 Å². The first-order chi connectivity index (χ1) is 9.31. The van der Waals surface area contributed by atoms with E-state index >= 15 is 0 Å². The summed E-state index contributed by atoms with van der Waals surface area (Å²) in [5.41, 5.74) is 2.17. The molecule has 0 aromatic carbocycles. The summed E-state index contributed by atoms with van der Waals surface area (Å²) < 4.78 is 12.1. The Hall–Kier alpha value is -0.865. The molecule has 4 fully saturated rings. The summed E-state index contributed by atoms with van der Waals surface area (Å²) in [6.45, 7) is 8.29. The van der Waals surface area contributed by atoms with Crippen LogP contribution in [0.2, 0.25) is 0 Å². The molecule has 0 spiro atoms. The molecule has 20 heavy (non-hydrogen) atoms. The molecule has 1 aliphatic heterocycles. The molecule has 5 rings (SSSR count). The molecule has 1 aromatic heterocycles. The van der Waals surface area contributed by atoms with Crippen molar-refractivity contribution in [3.8, 4) is 0 Å². The van der Waals surface area contributed by atoms with E-state index < -0.39 is 0 Å². The van der Waals surface area contributed by atoms with Crippen LogP contribution in [0.25, 0.3) is 0 Å². The Morgan fingerprint density at radius 1 is 1.05 bits per heavy atom. The Bertz CT molecular complexity index is 519. The third-order valence-electron chi connectivity index (χ3n) is 5.93. The molecule has 0 N–H and O–H groups in total. The zero-order valence-electron chi connectivity index (χ0n) is 12.8. The fourth-order valence-electron chi connectivity index (χ4n) is 3.65. The van der Waals surface area contributed by atoms with Crippen LogP contribution in [0.3, 0.4) is 0 Å². The first-order valence-corrected chi connectivity index (χ1v) is 7.63. The first-order valence-electron chi connectivity index (χ1n) is 7.63. The SMILES string of the molecule is CC1(C)OB(c2ccc(C34CC(C3)C4)cn2)OC1(C)C. The number of hydrogen-bond acceptors (Lipinski definition) is 3. The van der Waals surface area contributed by atoms with E-state index in [4.69, 9.17) is 9.31 Å². The summed E-state index contributed by atoms with van der Waals surface area (Å²) in [6, 6.07) is 4.31. The van der Waals surface area contributed by atoms with Crippen molar-refractivity contribution in [2.24, 2.45) is 5.92 Å². The van der Waals surface area contributed by atoms with Crippen LogP contribution in [0, 0.1) is 5.92 Å². The third-order valence-corrected chi connectivity index (χ3v) is 5.93. The highest BCUT2D eigenvalue weighted by Gasteiger charge is 2.57. The Kier molecular flexibility index (Phi) is 2.35. The minimum atomic E-state index is -0.345. The van der Waals surface area contributed by atoms with Crippen LogP contribution in [-0.4, -0.2) is 23.3 Å². The highest BCUT2D eigenvalue weighted by molar-refractivity contribution is 6.61. The maximum Gasteiger partial charge on any atom is 0.514 e. The van der Waals surface area contributed by atoms with Crippen LogP contribution in [0.4, 0.5) is 0 Å². The van der Waals surface area contributed by atoms with Crippen molar-refractivity contribution < 1.29 is 9.31 Å². The molecule has 4 aliphatic rings. The highest BCUT2D eigenvalue weighted by atomic mass is 16.7. The van der Waals surface area contributed by atoms with Gasteiger partial charge in [-0.15, -0.1) is 0 Å². The van der Waals surface area contributed by atoms with Gasteiger partial charge in [-0.05, 0) is 69.9 Å². The maximum atomic E-state index is 6.04. The molecule has 0 radical (unpaired) electrons. The van der Waals surface area contributed by atoms with Gasteiger partial charge in [-0.2, -0.15) is 0 Å². The van der Waals surface area contributed by atoms with Crippen molar-refractivity contribution >= 4 is 12.7 Å². The fourth-order valence-corrected chi connectivity index (χ4v) is 3.65. The van der Waals surface area contributed by atoms with Crippen molar-refractivity contribution in [2.45, 2.75) is 63.6 Å². The van der Waals surface area contributed by atoms with Gasteiger partial charge in [-0.25, -0.2) is 0 Å². The van der Waals surface area contributed by atoms with Gasteiger partial charge in [0, 0.05) is 6.20 Å². The topological polar surface area (TPSA) is 31.4 Å². The second-order valence-corrected chi connectivity index (χ2v) is 7.82. The number of nitrogens with zero attached hydrogens (tertiary/aromatic N) is 1. The van der Waals surface area contributed by atoms with Crippen molar-refractivity contribution in [3.63, 3.8) is 0 Å². The Morgan fingerprint density at radius 3 is 2.05 bits per heavy atom. The summed E-state index contributed by atoms with van der Waals surface area (Å²) in [5.74, 6) is 0.998. The normalized spacial score (nSPS) is 36.4. The van der Waals surface area contributed by atoms with Gasteiger partial charge in [-0.3, -0.25) is 4.98 Å². The number of aromatic nitrogens is 1. The lowest BCUT2D eigenvalue weighted by molar-refractivity contribution is -0.0276. The van der Waals surface area contributed by atoms with Gasteiger partial charge in [0.25, 0.3) is 0 Å². The fraction of sp³-hybridized carbons (Fsp3) is 0.688. The molecule has 3 aliphatic carbocycles. The Balaban J connectivity index is 1.55. The molecule has 106 valence electrons. The van der Waals surface area contributed by atoms with Crippen molar-refractivity contribution in [2.75, 3.05) is 0 Å². The summed E-state index contributed by atoms with van der Waals surface area (Å²) >= 11 is 0. The standard InChI is InChI=1S/C16H22BNO2/c1-14(2)15(3,4)20-17(19-14)13-6-5-12(10-18-13)16-7-11(8-16)9-16/h5-6,10-11H,7-9H2,1-4H3. The molecular formula is C16H22BNO2. The monoisotopic (exact) mass is 271 g/mol. The lowest BCUT2D eigenvalue weighted by atomic mass is 9.42. The molecule has 0 atom stereocenters. The van der Waals surface area contributed by atoms with E-state index in [0.29, 0.717) is 5.41 Å². The van der Waals surface area contributed by atoms with Gasteiger partial charge < -0.3 is 9.31 Å². The zero-order valence-corrected chi connectivity index (χ0v) is 12.8. The quantitative estimate of drug-likeness (QED) is 0.774. The van der Waals surface area contributed by atoms with Crippen LogP contribution in [0.5, 0.6) is 0 Å². The maximum absolute atomic E-state index is 6.04. The van der Waals surface area contributed by atoms with E-state index in [-0.39, 0.29) is 18.3 Å². The average molecular weight is 271 g/mol. The number of rotatable bonds is 2. The van der Waals surface area contributed by atoms with Crippen molar-refractivity contribution in [1.82, 2.24) is 4.98 Å².